The number of allylic oxidation sites excluding steroid dienone is 1. The molecule has 2 rings (SSSR count). The van der Waals surface area contributed by atoms with Crippen molar-refractivity contribution in [2.75, 3.05) is 13.7 Å². The van der Waals surface area contributed by atoms with Gasteiger partial charge in [0.25, 0.3) is 0 Å². The highest BCUT2D eigenvalue weighted by molar-refractivity contribution is 5.94. The van der Waals surface area contributed by atoms with Crippen molar-refractivity contribution < 1.29 is 19.0 Å². The van der Waals surface area contributed by atoms with Crippen LogP contribution >= 0.6 is 0 Å². The number of carbonyl (C=O) groups is 1. The van der Waals surface area contributed by atoms with E-state index < -0.39 is 5.60 Å². The fourth-order valence-corrected chi connectivity index (χ4v) is 2.36. The van der Waals surface area contributed by atoms with Crippen LogP contribution in [0.2, 0.25) is 0 Å². The Morgan fingerprint density at radius 3 is 2.36 bits per heavy atom. The van der Waals surface area contributed by atoms with Crippen LogP contribution < -0.4 is 10.1 Å². The normalized spacial score (nSPS) is 13.9. The summed E-state index contributed by atoms with van der Waals surface area (Å²) in [5.74, 6) is 0.0636. The molecular weight excluding hydrogens is 321 g/mol. The van der Waals surface area contributed by atoms with E-state index in [1.165, 1.54) is 30.3 Å². The number of ether oxygens (including phenoxy) is 1. The van der Waals surface area contributed by atoms with Crippen LogP contribution in [0.1, 0.15) is 25.0 Å². The molecule has 2 aromatic rings. The topological polar surface area (TPSA) is 58.6 Å². The molecule has 0 aliphatic carbocycles. The van der Waals surface area contributed by atoms with Gasteiger partial charge in [0.2, 0.25) is 5.91 Å². The molecule has 0 aromatic heterocycles. The second-order valence-corrected chi connectivity index (χ2v) is 6.05. The van der Waals surface area contributed by atoms with E-state index in [9.17, 15) is 14.3 Å². The number of rotatable bonds is 6. The zero-order chi connectivity index (χ0) is 18.4. The van der Waals surface area contributed by atoms with Crippen molar-refractivity contribution in [3.05, 3.63) is 71.6 Å². The smallest absolute Gasteiger partial charge is 0.244 e. The Hall–Kier alpha value is -2.66. The Labute approximate surface area is 147 Å². The summed E-state index contributed by atoms with van der Waals surface area (Å²) in [5.41, 5.74) is 0.943. The van der Waals surface area contributed by atoms with Crippen molar-refractivity contribution in [1.29, 1.82) is 0 Å². The Morgan fingerprint density at radius 1 is 1.20 bits per heavy atom. The molecule has 0 spiro atoms. The third-order valence-electron chi connectivity index (χ3n) is 3.97. The van der Waals surface area contributed by atoms with Crippen LogP contribution in [-0.4, -0.2) is 24.7 Å². The quantitative estimate of drug-likeness (QED) is 0.792. The number of hydrogen-bond donors (Lipinski definition) is 2. The minimum absolute atomic E-state index is 0.0177. The van der Waals surface area contributed by atoms with E-state index in [0.29, 0.717) is 5.56 Å². The van der Waals surface area contributed by atoms with Crippen LogP contribution in [0.15, 0.2) is 54.6 Å². The van der Waals surface area contributed by atoms with Crippen LogP contribution in [0, 0.1) is 5.82 Å². The molecule has 1 atom stereocenters. The van der Waals surface area contributed by atoms with Gasteiger partial charge in [-0.05, 0) is 54.8 Å². The van der Waals surface area contributed by atoms with E-state index in [1.807, 2.05) is 31.2 Å². The van der Waals surface area contributed by atoms with Crippen molar-refractivity contribution in [2.45, 2.75) is 19.4 Å². The molecule has 2 aromatic carbocycles. The van der Waals surface area contributed by atoms with Gasteiger partial charge in [0.15, 0.2) is 0 Å². The lowest BCUT2D eigenvalue weighted by atomic mass is 9.96. The molecule has 0 bridgehead atoms. The van der Waals surface area contributed by atoms with Crippen molar-refractivity contribution in [1.82, 2.24) is 5.32 Å². The maximum atomic E-state index is 13.0. The van der Waals surface area contributed by atoms with Gasteiger partial charge in [-0.1, -0.05) is 24.3 Å². The molecule has 0 aliphatic rings. The summed E-state index contributed by atoms with van der Waals surface area (Å²) >= 11 is 0. The summed E-state index contributed by atoms with van der Waals surface area (Å²) < 4.78 is 18.1. The van der Waals surface area contributed by atoms with Crippen LogP contribution in [0.25, 0.3) is 5.57 Å². The molecule has 4 nitrogen and oxygen atoms in total. The van der Waals surface area contributed by atoms with E-state index >= 15 is 0 Å². The molecular formula is C20H22FNO3. The summed E-state index contributed by atoms with van der Waals surface area (Å²) in [6, 6.07) is 12.9. The molecule has 1 amide bonds. The van der Waals surface area contributed by atoms with Crippen LogP contribution in [-0.2, 0) is 10.4 Å². The zero-order valence-electron chi connectivity index (χ0n) is 14.5. The predicted octanol–water partition coefficient (Wildman–Crippen LogP) is 3.26. The van der Waals surface area contributed by atoms with Crippen LogP contribution in [0.4, 0.5) is 4.39 Å². The lowest BCUT2D eigenvalue weighted by Crippen LogP contribution is -2.38. The van der Waals surface area contributed by atoms with E-state index in [-0.39, 0.29) is 18.3 Å². The Morgan fingerprint density at radius 2 is 1.80 bits per heavy atom. The maximum absolute atomic E-state index is 13.0. The molecule has 0 radical (unpaired) electrons. The van der Waals surface area contributed by atoms with Crippen molar-refractivity contribution in [2.24, 2.45) is 0 Å². The van der Waals surface area contributed by atoms with Gasteiger partial charge in [-0.2, -0.15) is 0 Å². The fraction of sp³-hybridized carbons (Fsp3) is 0.250. The number of methoxy groups -OCH3 is 1. The summed E-state index contributed by atoms with van der Waals surface area (Å²) in [4.78, 5) is 12.1. The number of amides is 1. The molecule has 0 heterocycles. The molecule has 25 heavy (non-hydrogen) atoms. The molecule has 0 saturated carbocycles. The predicted molar refractivity (Wildman–Crippen MR) is 95.6 cm³/mol. The summed E-state index contributed by atoms with van der Waals surface area (Å²) in [6.07, 6.45) is 1.47. The fourth-order valence-electron chi connectivity index (χ4n) is 2.36. The van der Waals surface area contributed by atoms with Gasteiger partial charge in [0.05, 0.1) is 13.7 Å². The average molecular weight is 343 g/mol. The number of hydrogen-bond acceptors (Lipinski definition) is 3. The van der Waals surface area contributed by atoms with Crippen molar-refractivity contribution >= 4 is 11.5 Å². The SMILES string of the molecule is COc1ccc(/C(C)=C/C(=O)NCC(C)(O)c2ccc(F)cc2)cc1. The number of halogens is 1. The lowest BCUT2D eigenvalue weighted by Gasteiger charge is -2.24. The molecule has 132 valence electrons. The third kappa shape index (κ3) is 5.16. The first kappa shape index (κ1) is 18.7. The highest BCUT2D eigenvalue weighted by atomic mass is 19.1. The maximum Gasteiger partial charge on any atom is 0.244 e. The lowest BCUT2D eigenvalue weighted by molar-refractivity contribution is -0.117. The van der Waals surface area contributed by atoms with Crippen LogP contribution in [0.3, 0.4) is 0 Å². The van der Waals surface area contributed by atoms with Gasteiger partial charge in [0, 0.05) is 6.08 Å². The largest absolute Gasteiger partial charge is 0.497 e. The average Bonchev–Trinajstić information content (AvgIpc) is 2.60. The number of benzene rings is 2. The zero-order valence-corrected chi connectivity index (χ0v) is 14.5. The molecule has 0 fully saturated rings. The summed E-state index contributed by atoms with van der Waals surface area (Å²) in [7, 11) is 1.60. The van der Waals surface area contributed by atoms with E-state index in [1.54, 1.807) is 14.0 Å². The number of nitrogens with one attached hydrogen (secondary N) is 1. The monoisotopic (exact) mass is 343 g/mol. The van der Waals surface area contributed by atoms with Crippen molar-refractivity contribution in [3.63, 3.8) is 0 Å². The van der Waals surface area contributed by atoms with E-state index in [4.69, 9.17) is 4.74 Å². The van der Waals surface area contributed by atoms with Gasteiger partial charge in [-0.3, -0.25) is 4.79 Å². The summed E-state index contributed by atoms with van der Waals surface area (Å²) in [6.45, 7) is 3.42. The minimum Gasteiger partial charge on any atom is -0.497 e. The van der Waals surface area contributed by atoms with Crippen molar-refractivity contribution in [3.8, 4) is 5.75 Å². The molecule has 0 aliphatic heterocycles. The first-order valence-corrected chi connectivity index (χ1v) is 7.91. The van der Waals surface area contributed by atoms with Gasteiger partial charge in [-0.15, -0.1) is 0 Å². The molecule has 1 unspecified atom stereocenters. The first-order valence-electron chi connectivity index (χ1n) is 7.91. The molecule has 0 saturated heterocycles. The Balaban J connectivity index is 1.99. The first-order chi connectivity index (χ1) is 11.8. The highest BCUT2D eigenvalue weighted by Crippen LogP contribution is 2.20. The van der Waals surface area contributed by atoms with E-state index in [0.717, 1.165) is 16.9 Å². The number of carbonyl (C=O) groups excluding carboxylic acids is 1. The summed E-state index contributed by atoms with van der Waals surface area (Å²) in [5, 5.41) is 13.1. The minimum atomic E-state index is -1.29. The standard InChI is InChI=1S/C20H22FNO3/c1-14(15-4-10-18(25-3)11-5-15)12-19(23)22-13-20(2,24)16-6-8-17(21)9-7-16/h4-12,24H,13H2,1-3H3,(H,22,23)/b14-12+. The molecule has 5 heteroatoms. The third-order valence-corrected chi connectivity index (χ3v) is 3.97. The van der Waals surface area contributed by atoms with Gasteiger partial charge in [0.1, 0.15) is 17.2 Å². The Bertz CT molecular complexity index is 750. The highest BCUT2D eigenvalue weighted by Gasteiger charge is 2.23. The second kappa shape index (κ2) is 7.94. The van der Waals surface area contributed by atoms with E-state index in [2.05, 4.69) is 5.32 Å². The van der Waals surface area contributed by atoms with Gasteiger partial charge >= 0.3 is 0 Å². The molecule has 2 N–H and O–H groups in total. The van der Waals surface area contributed by atoms with Gasteiger partial charge in [-0.25, -0.2) is 4.39 Å². The van der Waals surface area contributed by atoms with Crippen LogP contribution in [0.5, 0.6) is 5.75 Å². The van der Waals surface area contributed by atoms with Gasteiger partial charge < -0.3 is 15.2 Å². The second-order valence-electron chi connectivity index (χ2n) is 6.05. The number of aliphatic hydroxyl groups is 1. The Kier molecular flexibility index (Phi) is 5.93.